The van der Waals surface area contributed by atoms with Crippen LogP contribution in [0.4, 0.5) is 0 Å². The Hall–Kier alpha value is -2.70. The largest absolute Gasteiger partial charge is 0.342 e. The second-order valence-electron chi connectivity index (χ2n) is 6.60. The van der Waals surface area contributed by atoms with Gasteiger partial charge in [-0.05, 0) is 30.8 Å². The molecular formula is C20H20ClN5O. The molecule has 2 aromatic heterocycles. The van der Waals surface area contributed by atoms with E-state index in [1.807, 2.05) is 43.4 Å². The fraction of sp³-hybridized carbons (Fsp3) is 0.250. The number of aromatic amines is 1. The number of imidazole rings is 1. The van der Waals surface area contributed by atoms with Crippen molar-refractivity contribution >= 4 is 22.6 Å². The van der Waals surface area contributed by atoms with Crippen LogP contribution in [0, 0.1) is 0 Å². The Morgan fingerprint density at radius 1 is 1.11 bits per heavy atom. The first-order valence-electron chi connectivity index (χ1n) is 8.84. The Bertz CT molecular complexity index is 1030. The maximum absolute atomic E-state index is 6.02. The second kappa shape index (κ2) is 7.90. The van der Waals surface area contributed by atoms with Gasteiger partial charge in [0.05, 0.1) is 17.6 Å². The minimum Gasteiger partial charge on any atom is -0.342 e. The van der Waals surface area contributed by atoms with Gasteiger partial charge in [-0.1, -0.05) is 47.1 Å². The van der Waals surface area contributed by atoms with E-state index in [0.717, 1.165) is 29.8 Å². The Labute approximate surface area is 162 Å². The van der Waals surface area contributed by atoms with E-state index in [2.05, 4.69) is 37.1 Å². The summed E-state index contributed by atoms with van der Waals surface area (Å²) in [7, 11) is 2.03. The van der Waals surface area contributed by atoms with E-state index in [9.17, 15) is 0 Å². The number of hydrogen-bond acceptors (Lipinski definition) is 5. The molecule has 2 aromatic carbocycles. The summed E-state index contributed by atoms with van der Waals surface area (Å²) >= 11 is 6.02. The van der Waals surface area contributed by atoms with Crippen LogP contribution in [0.5, 0.6) is 0 Å². The third-order valence-electron chi connectivity index (χ3n) is 4.34. The third-order valence-corrected chi connectivity index (χ3v) is 4.58. The van der Waals surface area contributed by atoms with Crippen LogP contribution < -0.4 is 0 Å². The Morgan fingerprint density at radius 2 is 1.96 bits per heavy atom. The molecule has 1 N–H and O–H groups in total. The molecule has 0 fully saturated rings. The molecule has 0 atom stereocenters. The number of likely N-dealkylation sites (N-methyl/N-ethyl adjacent to an activating group) is 1. The summed E-state index contributed by atoms with van der Waals surface area (Å²) in [5.74, 6) is 2.27. The molecular weight excluding hydrogens is 362 g/mol. The van der Waals surface area contributed by atoms with Gasteiger partial charge in [-0.3, -0.25) is 4.90 Å². The molecule has 4 aromatic rings. The molecule has 7 heteroatoms. The number of nitrogens with one attached hydrogen (secondary N) is 1. The fourth-order valence-electron chi connectivity index (χ4n) is 2.96. The summed E-state index contributed by atoms with van der Waals surface area (Å²) in [6.45, 7) is 1.43. The van der Waals surface area contributed by atoms with Gasteiger partial charge in [0.25, 0.3) is 0 Å². The highest BCUT2D eigenvalue weighted by Crippen LogP contribution is 2.17. The summed E-state index contributed by atoms with van der Waals surface area (Å²) < 4.78 is 5.38. The zero-order valence-corrected chi connectivity index (χ0v) is 15.8. The number of aromatic nitrogens is 4. The van der Waals surface area contributed by atoms with Gasteiger partial charge in [0.2, 0.25) is 5.89 Å². The normalized spacial score (nSPS) is 11.5. The summed E-state index contributed by atoms with van der Waals surface area (Å²) in [5, 5.41) is 4.78. The lowest BCUT2D eigenvalue weighted by molar-refractivity contribution is 0.267. The molecule has 0 unspecified atom stereocenters. The molecule has 0 aliphatic heterocycles. The van der Waals surface area contributed by atoms with Crippen molar-refractivity contribution in [2.45, 2.75) is 19.4 Å². The average Bonchev–Trinajstić information content (AvgIpc) is 3.27. The molecule has 6 nitrogen and oxygen atoms in total. The average molecular weight is 382 g/mol. The van der Waals surface area contributed by atoms with Crippen molar-refractivity contribution in [3.8, 4) is 0 Å². The van der Waals surface area contributed by atoms with Crippen molar-refractivity contribution in [2.75, 3.05) is 13.6 Å². The summed E-state index contributed by atoms with van der Waals surface area (Å²) in [6.07, 6.45) is 1.48. The molecule has 0 aliphatic carbocycles. The van der Waals surface area contributed by atoms with Gasteiger partial charge >= 0.3 is 0 Å². The SMILES string of the molecule is CN(CCc1nc2ccc(Cl)cc2[nH]1)Cc1nc(Cc2ccccc2)no1. The lowest BCUT2D eigenvalue weighted by Gasteiger charge is -2.12. The highest BCUT2D eigenvalue weighted by Gasteiger charge is 2.11. The molecule has 0 amide bonds. The summed E-state index contributed by atoms with van der Waals surface area (Å²) in [4.78, 5) is 14.5. The van der Waals surface area contributed by atoms with Gasteiger partial charge in [-0.15, -0.1) is 0 Å². The lowest BCUT2D eigenvalue weighted by Crippen LogP contribution is -2.21. The van der Waals surface area contributed by atoms with Crippen LogP contribution in [0.1, 0.15) is 23.1 Å². The van der Waals surface area contributed by atoms with E-state index in [-0.39, 0.29) is 0 Å². The number of rotatable bonds is 7. The molecule has 4 rings (SSSR count). The standard InChI is InChI=1S/C20H20ClN5O/c1-26(10-9-18-22-16-8-7-15(21)12-17(16)23-18)13-20-24-19(25-27-20)11-14-5-3-2-4-6-14/h2-8,12H,9-11,13H2,1H3,(H,22,23). The summed E-state index contributed by atoms with van der Waals surface area (Å²) in [6, 6.07) is 15.8. The predicted octanol–water partition coefficient (Wildman–Crippen LogP) is 3.86. The van der Waals surface area contributed by atoms with Crippen LogP contribution in [0.2, 0.25) is 5.02 Å². The molecule has 0 aliphatic rings. The topological polar surface area (TPSA) is 70.8 Å². The number of fused-ring (bicyclic) bond motifs is 1. The molecule has 0 radical (unpaired) electrons. The van der Waals surface area contributed by atoms with Crippen molar-refractivity contribution in [1.29, 1.82) is 0 Å². The minimum atomic E-state index is 0.605. The van der Waals surface area contributed by atoms with E-state index >= 15 is 0 Å². The monoisotopic (exact) mass is 381 g/mol. The molecule has 0 spiro atoms. The van der Waals surface area contributed by atoms with E-state index in [0.29, 0.717) is 29.7 Å². The molecule has 0 saturated heterocycles. The van der Waals surface area contributed by atoms with Crippen molar-refractivity contribution in [2.24, 2.45) is 0 Å². The van der Waals surface area contributed by atoms with Crippen molar-refractivity contribution in [1.82, 2.24) is 25.0 Å². The quantitative estimate of drug-likeness (QED) is 0.526. The Morgan fingerprint density at radius 3 is 2.81 bits per heavy atom. The highest BCUT2D eigenvalue weighted by atomic mass is 35.5. The number of H-pyrrole nitrogens is 1. The highest BCUT2D eigenvalue weighted by molar-refractivity contribution is 6.31. The van der Waals surface area contributed by atoms with Gasteiger partial charge in [-0.2, -0.15) is 4.98 Å². The third kappa shape index (κ3) is 4.53. The smallest absolute Gasteiger partial charge is 0.240 e. The first-order chi connectivity index (χ1) is 13.2. The second-order valence-corrected chi connectivity index (χ2v) is 7.04. The van der Waals surface area contributed by atoms with E-state index in [1.165, 1.54) is 5.56 Å². The van der Waals surface area contributed by atoms with Crippen LogP contribution in [-0.4, -0.2) is 38.6 Å². The number of benzene rings is 2. The zero-order chi connectivity index (χ0) is 18.6. The van der Waals surface area contributed by atoms with Gasteiger partial charge in [0, 0.05) is 24.4 Å². The maximum Gasteiger partial charge on any atom is 0.240 e. The van der Waals surface area contributed by atoms with Crippen LogP contribution in [0.3, 0.4) is 0 Å². The van der Waals surface area contributed by atoms with E-state index in [1.54, 1.807) is 0 Å². The Kier molecular flexibility index (Phi) is 5.18. The van der Waals surface area contributed by atoms with Crippen LogP contribution in [0.25, 0.3) is 11.0 Å². The minimum absolute atomic E-state index is 0.605. The van der Waals surface area contributed by atoms with Crippen LogP contribution in [0.15, 0.2) is 53.1 Å². The van der Waals surface area contributed by atoms with Crippen molar-refractivity contribution in [3.05, 3.63) is 76.7 Å². The van der Waals surface area contributed by atoms with Gasteiger partial charge in [-0.25, -0.2) is 4.98 Å². The molecule has 27 heavy (non-hydrogen) atoms. The summed E-state index contributed by atoms with van der Waals surface area (Å²) in [5.41, 5.74) is 3.06. The van der Waals surface area contributed by atoms with Gasteiger partial charge in [0.15, 0.2) is 5.82 Å². The van der Waals surface area contributed by atoms with Gasteiger partial charge < -0.3 is 9.51 Å². The maximum atomic E-state index is 6.02. The van der Waals surface area contributed by atoms with Crippen molar-refractivity contribution < 1.29 is 4.52 Å². The first-order valence-corrected chi connectivity index (χ1v) is 9.21. The fourth-order valence-corrected chi connectivity index (χ4v) is 3.14. The molecule has 0 saturated carbocycles. The van der Waals surface area contributed by atoms with Gasteiger partial charge in [0.1, 0.15) is 5.82 Å². The molecule has 138 valence electrons. The molecule has 0 bridgehead atoms. The van der Waals surface area contributed by atoms with Crippen molar-refractivity contribution in [3.63, 3.8) is 0 Å². The first kappa shape index (κ1) is 17.7. The van der Waals surface area contributed by atoms with Crippen LogP contribution in [-0.2, 0) is 19.4 Å². The van der Waals surface area contributed by atoms with Crippen LogP contribution >= 0.6 is 11.6 Å². The van der Waals surface area contributed by atoms with E-state index in [4.69, 9.17) is 16.1 Å². The zero-order valence-electron chi connectivity index (χ0n) is 15.0. The lowest BCUT2D eigenvalue weighted by atomic mass is 10.1. The number of nitrogens with zero attached hydrogens (tertiary/aromatic N) is 4. The molecule has 2 heterocycles. The predicted molar refractivity (Wildman–Crippen MR) is 105 cm³/mol. The number of halogens is 1. The Balaban J connectivity index is 1.31. The number of hydrogen-bond donors (Lipinski definition) is 1. The van der Waals surface area contributed by atoms with E-state index < -0.39 is 0 Å².